The van der Waals surface area contributed by atoms with Gasteiger partial charge in [-0.1, -0.05) is 18.2 Å². The quantitative estimate of drug-likeness (QED) is 0.864. The fourth-order valence-corrected chi connectivity index (χ4v) is 4.18. The van der Waals surface area contributed by atoms with E-state index in [1.165, 1.54) is 56.3 Å². The molecular formula is C20H26N2O. The van der Waals surface area contributed by atoms with Crippen molar-refractivity contribution in [2.45, 2.75) is 25.7 Å². The molecule has 0 radical (unpaired) electrons. The van der Waals surface area contributed by atoms with Crippen molar-refractivity contribution < 1.29 is 4.74 Å². The Labute approximate surface area is 138 Å². The highest BCUT2D eigenvalue weighted by atomic mass is 16.5. The van der Waals surface area contributed by atoms with Gasteiger partial charge in [-0.15, -0.1) is 0 Å². The summed E-state index contributed by atoms with van der Waals surface area (Å²) in [6.45, 7) is 5.73. The van der Waals surface area contributed by atoms with Crippen molar-refractivity contribution in [2.24, 2.45) is 11.8 Å². The maximum atomic E-state index is 5.48. The summed E-state index contributed by atoms with van der Waals surface area (Å²) in [6.07, 6.45) is 6.98. The lowest BCUT2D eigenvalue weighted by molar-refractivity contribution is 0.0551. The van der Waals surface area contributed by atoms with E-state index in [4.69, 9.17) is 4.74 Å². The number of aromatic nitrogens is 1. The Morgan fingerprint density at radius 3 is 2.83 bits per heavy atom. The van der Waals surface area contributed by atoms with E-state index in [-0.39, 0.29) is 0 Å². The number of pyridine rings is 1. The Morgan fingerprint density at radius 1 is 1.04 bits per heavy atom. The minimum Gasteiger partial charge on any atom is -0.381 e. The average molecular weight is 310 g/mol. The van der Waals surface area contributed by atoms with Gasteiger partial charge >= 0.3 is 0 Å². The Kier molecular flexibility index (Phi) is 4.58. The van der Waals surface area contributed by atoms with Gasteiger partial charge in [0.2, 0.25) is 0 Å². The molecule has 1 atom stereocenters. The highest BCUT2D eigenvalue weighted by Gasteiger charge is 2.26. The van der Waals surface area contributed by atoms with Gasteiger partial charge < -0.3 is 9.64 Å². The fraction of sp³-hybridized carbons (Fsp3) is 0.550. The molecule has 3 nitrogen and oxygen atoms in total. The summed E-state index contributed by atoms with van der Waals surface area (Å²) in [5.74, 6) is 1.64. The van der Waals surface area contributed by atoms with Crippen LogP contribution in [0, 0.1) is 11.8 Å². The molecule has 2 aliphatic rings. The maximum absolute atomic E-state index is 5.48. The van der Waals surface area contributed by atoms with Crippen LogP contribution in [0.2, 0.25) is 0 Å². The van der Waals surface area contributed by atoms with Gasteiger partial charge in [0, 0.05) is 37.9 Å². The summed E-state index contributed by atoms with van der Waals surface area (Å²) in [7, 11) is 0. The van der Waals surface area contributed by atoms with Crippen molar-refractivity contribution in [1.29, 1.82) is 0 Å². The van der Waals surface area contributed by atoms with Crippen LogP contribution in [0.1, 0.15) is 24.8 Å². The third-order valence-electron chi connectivity index (χ3n) is 5.48. The van der Waals surface area contributed by atoms with E-state index in [9.17, 15) is 0 Å². The Hall–Kier alpha value is -1.45. The maximum Gasteiger partial charge on any atom is 0.0704 e. The first-order valence-corrected chi connectivity index (χ1v) is 9.01. The number of hydrogen-bond donors (Lipinski definition) is 0. The largest absolute Gasteiger partial charge is 0.381 e. The summed E-state index contributed by atoms with van der Waals surface area (Å²) in [5.41, 5.74) is 2.59. The number of fused-ring (bicyclic) bond motifs is 1. The fourth-order valence-electron chi connectivity index (χ4n) is 4.18. The highest BCUT2D eigenvalue weighted by molar-refractivity contribution is 5.81. The summed E-state index contributed by atoms with van der Waals surface area (Å²) in [5, 5.41) is 1.33. The van der Waals surface area contributed by atoms with Crippen molar-refractivity contribution in [2.75, 3.05) is 32.8 Å². The molecule has 1 aromatic heterocycles. The molecule has 2 aromatic rings. The van der Waals surface area contributed by atoms with E-state index < -0.39 is 0 Å². The first kappa shape index (κ1) is 15.1. The third-order valence-corrected chi connectivity index (χ3v) is 5.48. The van der Waals surface area contributed by atoms with Gasteiger partial charge in [0.05, 0.1) is 5.52 Å². The molecule has 23 heavy (non-hydrogen) atoms. The molecule has 0 saturated carbocycles. The van der Waals surface area contributed by atoms with Gasteiger partial charge in [0.15, 0.2) is 0 Å². The van der Waals surface area contributed by atoms with Crippen molar-refractivity contribution in [1.82, 2.24) is 9.88 Å². The van der Waals surface area contributed by atoms with Gasteiger partial charge in [-0.3, -0.25) is 4.98 Å². The molecule has 0 aliphatic carbocycles. The van der Waals surface area contributed by atoms with Crippen LogP contribution in [0.15, 0.2) is 36.5 Å². The zero-order valence-electron chi connectivity index (χ0n) is 13.8. The Morgan fingerprint density at radius 2 is 1.91 bits per heavy atom. The molecule has 3 heteroatoms. The van der Waals surface area contributed by atoms with Gasteiger partial charge in [0.25, 0.3) is 0 Å². The van der Waals surface area contributed by atoms with Crippen molar-refractivity contribution in [3.05, 3.63) is 42.1 Å². The minimum absolute atomic E-state index is 0.792. The molecule has 0 unspecified atom stereocenters. The van der Waals surface area contributed by atoms with E-state index in [0.717, 1.165) is 30.6 Å². The molecule has 3 heterocycles. The van der Waals surface area contributed by atoms with Gasteiger partial charge in [-0.25, -0.2) is 0 Å². The lowest BCUT2D eigenvalue weighted by atomic mass is 9.96. The summed E-state index contributed by atoms with van der Waals surface area (Å²) < 4.78 is 5.48. The minimum atomic E-state index is 0.792. The molecular weight excluding hydrogens is 284 g/mol. The number of nitrogens with zero attached hydrogens (tertiary/aromatic N) is 2. The number of rotatable bonds is 4. The standard InChI is InChI=1S/C20H26N2O/c1-2-4-20-19(3-1)18(5-9-21-20)13-17-6-10-22(15-17)14-16-7-11-23-12-8-16/h1-5,9,16-17H,6-8,10-15H2/t17-/m0/s1. The zero-order chi connectivity index (χ0) is 15.5. The summed E-state index contributed by atoms with van der Waals surface area (Å²) in [4.78, 5) is 7.17. The van der Waals surface area contributed by atoms with Crippen LogP contribution in [0.5, 0.6) is 0 Å². The zero-order valence-corrected chi connectivity index (χ0v) is 13.8. The van der Waals surface area contributed by atoms with Crippen molar-refractivity contribution >= 4 is 10.9 Å². The summed E-state index contributed by atoms with van der Waals surface area (Å²) >= 11 is 0. The van der Waals surface area contributed by atoms with Crippen LogP contribution in [0.25, 0.3) is 10.9 Å². The van der Waals surface area contributed by atoms with Crippen LogP contribution in [-0.2, 0) is 11.2 Å². The van der Waals surface area contributed by atoms with Crippen LogP contribution in [0.4, 0.5) is 0 Å². The Balaban J connectivity index is 1.38. The van der Waals surface area contributed by atoms with Crippen LogP contribution >= 0.6 is 0 Å². The van der Waals surface area contributed by atoms with Gasteiger partial charge in [-0.2, -0.15) is 0 Å². The molecule has 4 rings (SSSR count). The monoisotopic (exact) mass is 310 g/mol. The smallest absolute Gasteiger partial charge is 0.0704 e. The number of ether oxygens (including phenoxy) is 1. The molecule has 1 aromatic carbocycles. The topological polar surface area (TPSA) is 25.4 Å². The van der Waals surface area contributed by atoms with Gasteiger partial charge in [-0.05, 0) is 61.8 Å². The molecule has 122 valence electrons. The molecule has 0 N–H and O–H groups in total. The first-order valence-electron chi connectivity index (χ1n) is 9.01. The van der Waals surface area contributed by atoms with Crippen molar-refractivity contribution in [3.63, 3.8) is 0 Å². The highest BCUT2D eigenvalue weighted by Crippen LogP contribution is 2.26. The van der Waals surface area contributed by atoms with E-state index >= 15 is 0 Å². The first-order chi connectivity index (χ1) is 11.4. The Bertz CT molecular complexity index is 646. The average Bonchev–Trinajstić information content (AvgIpc) is 3.03. The lowest BCUT2D eigenvalue weighted by Gasteiger charge is -2.27. The predicted octanol–water partition coefficient (Wildman–Crippen LogP) is 3.53. The normalized spacial score (nSPS) is 23.6. The number of para-hydroxylation sites is 1. The van der Waals surface area contributed by atoms with E-state index in [1.54, 1.807) is 0 Å². The molecule has 0 bridgehead atoms. The molecule has 2 aliphatic heterocycles. The van der Waals surface area contributed by atoms with E-state index in [0.29, 0.717) is 0 Å². The SMILES string of the molecule is c1ccc2c(C[C@@H]3CCN(CC4CCOCC4)C3)ccnc2c1. The number of benzene rings is 1. The third kappa shape index (κ3) is 3.56. The van der Waals surface area contributed by atoms with E-state index in [1.807, 2.05) is 6.20 Å². The van der Waals surface area contributed by atoms with Crippen LogP contribution < -0.4 is 0 Å². The van der Waals surface area contributed by atoms with E-state index in [2.05, 4.69) is 40.2 Å². The lowest BCUT2D eigenvalue weighted by Crippen LogP contribution is -2.31. The number of likely N-dealkylation sites (tertiary alicyclic amines) is 1. The van der Waals surface area contributed by atoms with Crippen LogP contribution in [-0.4, -0.2) is 42.7 Å². The number of hydrogen-bond acceptors (Lipinski definition) is 3. The second-order valence-corrected chi connectivity index (χ2v) is 7.16. The molecule has 0 spiro atoms. The second-order valence-electron chi connectivity index (χ2n) is 7.16. The molecule has 2 fully saturated rings. The van der Waals surface area contributed by atoms with Gasteiger partial charge in [0.1, 0.15) is 0 Å². The van der Waals surface area contributed by atoms with Crippen molar-refractivity contribution in [3.8, 4) is 0 Å². The molecule has 0 amide bonds. The van der Waals surface area contributed by atoms with Crippen LogP contribution in [0.3, 0.4) is 0 Å². The second kappa shape index (κ2) is 6.98. The summed E-state index contributed by atoms with van der Waals surface area (Å²) in [6, 6.07) is 10.7. The molecule has 2 saturated heterocycles. The predicted molar refractivity (Wildman–Crippen MR) is 93.5 cm³/mol.